The number of nitrogens with zero attached hydrogens (tertiary/aromatic N) is 2. The molecule has 0 bridgehead atoms. The molecule has 6 heteroatoms. The molecule has 2 rings (SSSR count). The van der Waals surface area contributed by atoms with Gasteiger partial charge in [0.05, 0.1) is 5.56 Å². The molecular formula is C15H22F3N3. The van der Waals surface area contributed by atoms with Crippen LogP contribution in [0.1, 0.15) is 17.2 Å². The second-order valence-electron chi connectivity index (χ2n) is 5.69. The molecule has 1 fully saturated rings. The van der Waals surface area contributed by atoms with Gasteiger partial charge in [-0.1, -0.05) is 12.1 Å². The summed E-state index contributed by atoms with van der Waals surface area (Å²) in [5, 5.41) is 3.27. The van der Waals surface area contributed by atoms with E-state index < -0.39 is 11.7 Å². The summed E-state index contributed by atoms with van der Waals surface area (Å²) in [4.78, 5) is 4.28. The fourth-order valence-electron chi connectivity index (χ4n) is 2.69. The van der Waals surface area contributed by atoms with Crippen LogP contribution in [0.3, 0.4) is 0 Å². The Morgan fingerprint density at radius 2 is 1.90 bits per heavy atom. The van der Waals surface area contributed by atoms with Gasteiger partial charge >= 0.3 is 6.18 Å². The SMILES string of the molecule is CN(C)CC(c1cccc(C(F)(F)F)c1)N1CCNCC1. The maximum Gasteiger partial charge on any atom is 0.416 e. The first-order valence-electron chi connectivity index (χ1n) is 7.14. The van der Waals surface area contributed by atoms with Crippen molar-refractivity contribution in [1.82, 2.24) is 15.1 Å². The Hall–Kier alpha value is -1.11. The Morgan fingerprint density at radius 1 is 1.24 bits per heavy atom. The highest BCUT2D eigenvalue weighted by Gasteiger charge is 2.32. The van der Waals surface area contributed by atoms with Gasteiger partial charge in [0, 0.05) is 38.8 Å². The zero-order valence-corrected chi connectivity index (χ0v) is 12.5. The lowest BCUT2D eigenvalue weighted by molar-refractivity contribution is -0.137. The van der Waals surface area contributed by atoms with Crippen LogP contribution in [0, 0.1) is 0 Å². The van der Waals surface area contributed by atoms with Crippen molar-refractivity contribution < 1.29 is 13.2 Å². The number of hydrogen-bond donors (Lipinski definition) is 1. The van der Waals surface area contributed by atoms with E-state index in [0.29, 0.717) is 6.54 Å². The summed E-state index contributed by atoms with van der Waals surface area (Å²) in [6, 6.07) is 5.71. The number of likely N-dealkylation sites (N-methyl/N-ethyl adjacent to an activating group) is 1. The Kier molecular flexibility index (Phi) is 5.24. The maximum absolute atomic E-state index is 12.9. The third-order valence-corrected chi connectivity index (χ3v) is 3.73. The van der Waals surface area contributed by atoms with Crippen LogP contribution in [0.5, 0.6) is 0 Å². The van der Waals surface area contributed by atoms with Gasteiger partial charge in [0.2, 0.25) is 0 Å². The molecule has 0 spiro atoms. The van der Waals surface area contributed by atoms with E-state index in [1.807, 2.05) is 19.0 Å². The van der Waals surface area contributed by atoms with Crippen LogP contribution in [-0.2, 0) is 6.18 Å². The highest BCUT2D eigenvalue weighted by atomic mass is 19.4. The van der Waals surface area contributed by atoms with Gasteiger partial charge < -0.3 is 10.2 Å². The number of nitrogens with one attached hydrogen (secondary N) is 1. The van der Waals surface area contributed by atoms with Crippen LogP contribution < -0.4 is 5.32 Å². The molecule has 118 valence electrons. The predicted molar refractivity (Wildman–Crippen MR) is 77.2 cm³/mol. The molecule has 1 N–H and O–H groups in total. The molecule has 1 aromatic rings. The lowest BCUT2D eigenvalue weighted by Crippen LogP contribution is -2.47. The van der Waals surface area contributed by atoms with E-state index >= 15 is 0 Å². The highest BCUT2D eigenvalue weighted by molar-refractivity contribution is 5.28. The topological polar surface area (TPSA) is 18.5 Å². The van der Waals surface area contributed by atoms with E-state index in [1.54, 1.807) is 6.07 Å². The molecule has 1 aromatic carbocycles. The second kappa shape index (κ2) is 6.77. The van der Waals surface area contributed by atoms with Crippen LogP contribution in [-0.4, -0.2) is 56.6 Å². The molecule has 1 aliphatic heterocycles. The molecule has 0 amide bonds. The normalized spacial score (nSPS) is 19.0. The molecule has 0 radical (unpaired) electrons. The molecule has 0 aromatic heterocycles. The minimum absolute atomic E-state index is 0.00981. The molecule has 1 aliphatic rings. The van der Waals surface area contributed by atoms with Crippen molar-refractivity contribution in [2.75, 3.05) is 46.8 Å². The summed E-state index contributed by atoms with van der Waals surface area (Å²) >= 11 is 0. The van der Waals surface area contributed by atoms with Crippen molar-refractivity contribution in [3.8, 4) is 0 Å². The Morgan fingerprint density at radius 3 is 2.48 bits per heavy atom. The fourth-order valence-corrected chi connectivity index (χ4v) is 2.69. The standard InChI is InChI=1S/C15H22F3N3/c1-20(2)11-14(21-8-6-19-7-9-21)12-4-3-5-13(10-12)15(16,17)18/h3-5,10,14,19H,6-9,11H2,1-2H3. The molecule has 21 heavy (non-hydrogen) atoms. The van der Waals surface area contributed by atoms with Gasteiger partial charge in [0.25, 0.3) is 0 Å². The number of alkyl halides is 3. The Balaban J connectivity index is 2.27. The van der Waals surface area contributed by atoms with Crippen molar-refractivity contribution in [3.63, 3.8) is 0 Å². The predicted octanol–water partition coefficient (Wildman–Crippen LogP) is 2.21. The molecular weight excluding hydrogens is 279 g/mol. The number of benzene rings is 1. The van der Waals surface area contributed by atoms with Gasteiger partial charge in [-0.25, -0.2) is 0 Å². The van der Waals surface area contributed by atoms with Crippen LogP contribution in [0.15, 0.2) is 24.3 Å². The van der Waals surface area contributed by atoms with Gasteiger partial charge in [-0.05, 0) is 31.8 Å². The lowest BCUT2D eigenvalue weighted by Gasteiger charge is -2.36. The van der Waals surface area contributed by atoms with E-state index in [2.05, 4.69) is 10.2 Å². The Labute approximate surface area is 123 Å². The highest BCUT2D eigenvalue weighted by Crippen LogP contribution is 2.32. The van der Waals surface area contributed by atoms with E-state index in [1.165, 1.54) is 12.1 Å². The minimum Gasteiger partial charge on any atom is -0.314 e. The summed E-state index contributed by atoms with van der Waals surface area (Å²) in [5.41, 5.74) is 0.166. The van der Waals surface area contributed by atoms with Crippen molar-refractivity contribution in [2.45, 2.75) is 12.2 Å². The molecule has 1 atom stereocenters. The summed E-state index contributed by atoms with van der Waals surface area (Å²) in [6.07, 6.45) is -4.29. The van der Waals surface area contributed by atoms with Crippen molar-refractivity contribution in [1.29, 1.82) is 0 Å². The van der Waals surface area contributed by atoms with Gasteiger partial charge in [-0.15, -0.1) is 0 Å². The third kappa shape index (κ3) is 4.43. The summed E-state index contributed by atoms with van der Waals surface area (Å²) in [6.45, 7) is 4.18. The Bertz CT molecular complexity index is 454. The number of halogens is 3. The summed E-state index contributed by atoms with van der Waals surface area (Å²) in [7, 11) is 3.89. The van der Waals surface area contributed by atoms with Crippen LogP contribution in [0.2, 0.25) is 0 Å². The average molecular weight is 301 g/mol. The summed E-state index contributed by atoms with van der Waals surface area (Å²) < 4.78 is 38.7. The number of piperazine rings is 1. The quantitative estimate of drug-likeness (QED) is 0.920. The molecule has 1 saturated heterocycles. The van der Waals surface area contributed by atoms with E-state index in [4.69, 9.17) is 0 Å². The van der Waals surface area contributed by atoms with E-state index in [0.717, 1.165) is 37.8 Å². The number of rotatable bonds is 4. The molecule has 1 unspecified atom stereocenters. The maximum atomic E-state index is 12.9. The van der Waals surface area contributed by atoms with Crippen molar-refractivity contribution in [2.24, 2.45) is 0 Å². The average Bonchev–Trinajstić information content (AvgIpc) is 2.45. The van der Waals surface area contributed by atoms with Gasteiger partial charge in [-0.2, -0.15) is 13.2 Å². The van der Waals surface area contributed by atoms with Crippen molar-refractivity contribution in [3.05, 3.63) is 35.4 Å². The fraction of sp³-hybridized carbons (Fsp3) is 0.600. The number of hydrogen-bond acceptors (Lipinski definition) is 3. The smallest absolute Gasteiger partial charge is 0.314 e. The van der Waals surface area contributed by atoms with E-state index in [-0.39, 0.29) is 6.04 Å². The molecule has 3 nitrogen and oxygen atoms in total. The second-order valence-corrected chi connectivity index (χ2v) is 5.69. The van der Waals surface area contributed by atoms with Gasteiger partial charge in [-0.3, -0.25) is 4.90 Å². The van der Waals surface area contributed by atoms with Gasteiger partial charge in [0.1, 0.15) is 0 Å². The van der Waals surface area contributed by atoms with Crippen molar-refractivity contribution >= 4 is 0 Å². The monoisotopic (exact) mass is 301 g/mol. The van der Waals surface area contributed by atoms with Crippen LogP contribution >= 0.6 is 0 Å². The first-order valence-corrected chi connectivity index (χ1v) is 7.14. The third-order valence-electron chi connectivity index (χ3n) is 3.73. The minimum atomic E-state index is -4.29. The van der Waals surface area contributed by atoms with Gasteiger partial charge in [0.15, 0.2) is 0 Å². The zero-order valence-electron chi connectivity index (χ0n) is 12.5. The largest absolute Gasteiger partial charge is 0.416 e. The molecule has 0 aliphatic carbocycles. The lowest BCUT2D eigenvalue weighted by atomic mass is 10.0. The van der Waals surface area contributed by atoms with E-state index in [9.17, 15) is 13.2 Å². The van der Waals surface area contributed by atoms with Crippen LogP contribution in [0.25, 0.3) is 0 Å². The zero-order chi connectivity index (χ0) is 15.5. The first-order chi connectivity index (χ1) is 9.88. The van der Waals surface area contributed by atoms with Crippen LogP contribution in [0.4, 0.5) is 13.2 Å². The molecule has 1 heterocycles. The summed E-state index contributed by atoms with van der Waals surface area (Å²) in [5.74, 6) is 0. The first kappa shape index (κ1) is 16.3. The molecule has 0 saturated carbocycles.